The minimum Gasteiger partial charge on any atom is -0.126 e. The van der Waals surface area contributed by atoms with E-state index in [1.165, 1.54) is 0 Å². The van der Waals surface area contributed by atoms with Crippen LogP contribution in [0.25, 0.3) is 0 Å². The zero-order valence-corrected chi connectivity index (χ0v) is 16.1. The van der Waals surface area contributed by atoms with Gasteiger partial charge in [-0.1, -0.05) is 0 Å². The summed E-state index contributed by atoms with van der Waals surface area (Å²) in [5.74, 6) is 0. The minimum absolute atomic E-state index is 0.367. The lowest BCUT2D eigenvalue weighted by atomic mass is 10.9. The molecule has 0 saturated carbocycles. The molecule has 0 aromatic heterocycles. The lowest BCUT2D eigenvalue weighted by Crippen LogP contribution is -2.45. The predicted molar refractivity (Wildman–Crippen MR) is 74.8 cm³/mol. The topological polar surface area (TPSA) is 0 Å². The lowest BCUT2D eigenvalue weighted by molar-refractivity contribution is 1.14. The van der Waals surface area contributed by atoms with Crippen LogP contribution < -0.4 is 0 Å². The number of alkyl halides is 2. The van der Waals surface area contributed by atoms with E-state index in [1.54, 1.807) is 0 Å². The van der Waals surface area contributed by atoms with Gasteiger partial charge in [-0.3, -0.25) is 0 Å². The van der Waals surface area contributed by atoms with Crippen molar-refractivity contribution in [3.05, 3.63) is 0 Å². The van der Waals surface area contributed by atoms with Crippen molar-refractivity contribution < 1.29 is 0 Å². The maximum Gasteiger partial charge on any atom is 0.347 e. The fourth-order valence-corrected chi connectivity index (χ4v) is 30.6. The van der Waals surface area contributed by atoms with Crippen molar-refractivity contribution in [3.8, 4) is 0 Å². The van der Waals surface area contributed by atoms with E-state index in [4.69, 9.17) is 89.7 Å². The van der Waals surface area contributed by atoms with Crippen LogP contribution in [0.3, 0.4) is 0 Å². The van der Waals surface area contributed by atoms with Gasteiger partial charge in [0.1, 0.15) is 3.96 Å². The van der Waals surface area contributed by atoms with Crippen LogP contribution in [0.5, 0.6) is 0 Å². The summed E-state index contributed by atoms with van der Waals surface area (Å²) in [5.41, 5.74) is 0. The van der Waals surface area contributed by atoms with Crippen molar-refractivity contribution in [2.75, 3.05) is 0 Å². The summed E-state index contributed by atoms with van der Waals surface area (Å²) in [4.78, 5) is 0. The lowest BCUT2D eigenvalue weighted by Gasteiger charge is -2.33. The molecule has 0 N–H and O–H groups in total. The molecule has 0 aromatic carbocycles. The molecule has 0 aliphatic rings. The van der Waals surface area contributed by atoms with Crippen molar-refractivity contribution >= 4 is 112 Å². The molecule has 0 fully saturated rings. The van der Waals surface area contributed by atoms with Crippen molar-refractivity contribution in [1.29, 1.82) is 0 Å². The first-order valence-electron chi connectivity index (χ1n) is 2.88. The highest BCUT2D eigenvalue weighted by atomic mass is 35.8. The molecule has 80 valence electrons. The monoisotopic (exact) mass is 392 g/mol. The first-order valence-corrected chi connectivity index (χ1v) is 14.9. The molecular weight excluding hydrogens is 392 g/mol. The number of hydrogen-bond donors (Lipinski definition) is 0. The molecule has 0 saturated heterocycles. The summed E-state index contributed by atoms with van der Waals surface area (Å²) in [7, 11) is 0.367. The quantitative estimate of drug-likeness (QED) is 0.388. The first-order chi connectivity index (χ1) is 5.37. The predicted octanol–water partition coefficient (Wildman–Crippen LogP) is 3.70. The Morgan fingerprint density at radius 2 is 1.08 bits per heavy atom. The molecule has 0 rings (SSSR count). The maximum atomic E-state index is 5.86. The molecule has 0 unspecified atom stereocenters. The van der Waals surface area contributed by atoms with E-state index < -0.39 is 21.1 Å². The van der Waals surface area contributed by atoms with Crippen molar-refractivity contribution in [3.63, 3.8) is 0 Å². The average molecular weight is 396 g/mol. The van der Waals surface area contributed by atoms with Gasteiger partial charge in [0.15, 0.2) is 0 Å². The van der Waals surface area contributed by atoms with Gasteiger partial charge in [0.2, 0.25) is 0 Å². The summed E-state index contributed by atoms with van der Waals surface area (Å²) in [6.45, 7) is 0. The largest absolute Gasteiger partial charge is 0.347 e. The Labute approximate surface area is 120 Å². The molecular formula is C2H4Cl8Si3. The molecule has 0 nitrogen and oxygen atoms in total. The second-order valence-corrected chi connectivity index (χ2v) is 25.2. The maximum absolute atomic E-state index is 5.86. The standard InChI is InChI=1S/C2H4Cl8Si3/c3-2(4,11)1(12(5,6)7)13(8,9)10/h1H,11H3. The second kappa shape index (κ2) is 5.09. The average Bonchev–Trinajstić information content (AvgIpc) is 1.44. The normalized spacial score (nSPS) is 15.5. The van der Waals surface area contributed by atoms with Crippen LogP contribution in [0.4, 0.5) is 0 Å². The van der Waals surface area contributed by atoms with E-state index in [1.807, 2.05) is 0 Å². The molecule has 0 bridgehead atoms. The highest BCUT2D eigenvalue weighted by Gasteiger charge is 2.59. The van der Waals surface area contributed by atoms with Gasteiger partial charge < -0.3 is 0 Å². The van der Waals surface area contributed by atoms with Crippen molar-refractivity contribution in [1.82, 2.24) is 0 Å². The Morgan fingerprint density at radius 3 is 1.08 bits per heavy atom. The molecule has 11 heteroatoms. The van der Waals surface area contributed by atoms with Gasteiger partial charge in [0.05, 0.1) is 5.16 Å². The van der Waals surface area contributed by atoms with Crippen molar-refractivity contribution in [2.45, 2.75) is 9.12 Å². The SMILES string of the molecule is [SiH3]C(Cl)(Cl)C([Si](Cl)(Cl)Cl)[Si](Cl)(Cl)Cl. The summed E-state index contributed by atoms with van der Waals surface area (Å²) in [6.07, 6.45) is 0. The van der Waals surface area contributed by atoms with Gasteiger partial charge in [-0.25, -0.2) is 0 Å². The third kappa shape index (κ3) is 5.73. The fraction of sp³-hybridized carbons (Fsp3) is 1.00. The van der Waals surface area contributed by atoms with E-state index >= 15 is 0 Å². The summed E-state index contributed by atoms with van der Waals surface area (Å²) < 4.78 is -1.20. The Hall–Kier alpha value is 2.97. The molecule has 13 heavy (non-hydrogen) atoms. The second-order valence-electron chi connectivity index (χ2n) is 2.47. The first kappa shape index (κ1) is 16.0. The zero-order valence-electron chi connectivity index (χ0n) is 6.10. The van der Waals surface area contributed by atoms with E-state index in [2.05, 4.69) is 0 Å². The Balaban J connectivity index is 5.02. The number of rotatable bonds is 3. The van der Waals surface area contributed by atoms with Crippen LogP contribution in [0, 0.1) is 0 Å². The van der Waals surface area contributed by atoms with Gasteiger partial charge in [-0.15, -0.1) is 89.7 Å². The highest BCUT2D eigenvalue weighted by molar-refractivity contribution is 7.76. The van der Waals surface area contributed by atoms with Crippen LogP contribution in [0.1, 0.15) is 0 Å². The molecule has 0 spiro atoms. The number of halogens is 8. The van der Waals surface area contributed by atoms with Gasteiger partial charge in [0, 0.05) is 10.2 Å². The fourth-order valence-electron chi connectivity index (χ4n) is 0.760. The van der Waals surface area contributed by atoms with E-state index in [-0.39, 0.29) is 0 Å². The third-order valence-electron chi connectivity index (χ3n) is 1.16. The van der Waals surface area contributed by atoms with Crippen LogP contribution in [0.2, 0.25) is 5.16 Å². The van der Waals surface area contributed by atoms with Gasteiger partial charge in [0.25, 0.3) is 0 Å². The number of hydrogen-bond acceptors (Lipinski definition) is 0. The van der Waals surface area contributed by atoms with Gasteiger partial charge >= 0.3 is 12.0 Å². The Morgan fingerprint density at radius 1 is 0.846 bits per heavy atom. The summed E-state index contributed by atoms with van der Waals surface area (Å²) >= 11 is 46.4. The third-order valence-corrected chi connectivity index (χ3v) is 16.3. The molecule has 0 aliphatic carbocycles. The van der Waals surface area contributed by atoms with Crippen LogP contribution in [0.15, 0.2) is 0 Å². The molecule has 0 aromatic rings. The van der Waals surface area contributed by atoms with Crippen LogP contribution in [-0.2, 0) is 0 Å². The Kier molecular flexibility index (Phi) is 6.25. The smallest absolute Gasteiger partial charge is 0.126 e. The molecule has 0 radical (unpaired) electrons. The molecule has 0 atom stereocenters. The van der Waals surface area contributed by atoms with E-state index in [0.717, 1.165) is 0 Å². The molecule has 0 heterocycles. The molecule has 0 aliphatic heterocycles. The van der Waals surface area contributed by atoms with Gasteiger partial charge in [-0.05, 0) is 0 Å². The minimum atomic E-state index is -3.20. The van der Waals surface area contributed by atoms with Crippen LogP contribution >= 0.6 is 89.7 Å². The summed E-state index contributed by atoms with van der Waals surface area (Å²) in [5, 5.41) is -0.808. The van der Waals surface area contributed by atoms with E-state index in [9.17, 15) is 0 Å². The van der Waals surface area contributed by atoms with Crippen LogP contribution in [-0.4, -0.2) is 26.2 Å². The molecule has 0 amide bonds. The van der Waals surface area contributed by atoms with E-state index in [0.29, 0.717) is 10.2 Å². The zero-order chi connectivity index (χ0) is 11.1. The Bertz CT molecular complexity index is 140. The summed E-state index contributed by atoms with van der Waals surface area (Å²) in [6, 6.07) is -6.41. The highest BCUT2D eigenvalue weighted by Crippen LogP contribution is 2.54. The van der Waals surface area contributed by atoms with Crippen molar-refractivity contribution in [2.24, 2.45) is 0 Å². The van der Waals surface area contributed by atoms with Gasteiger partial charge in [-0.2, -0.15) is 0 Å².